The summed E-state index contributed by atoms with van der Waals surface area (Å²) in [5, 5.41) is -0.471. The highest BCUT2D eigenvalue weighted by molar-refractivity contribution is 6.35. The minimum atomic E-state index is -1.36. The SMILES string of the molecule is CCCC#Cc1ccc(-c2nc(C(=O)OC)c(Cl)c(N)c2F)c(F)c1F. The summed E-state index contributed by atoms with van der Waals surface area (Å²) in [6, 6.07) is 2.30. The van der Waals surface area contributed by atoms with Gasteiger partial charge in [-0.15, -0.1) is 0 Å². The van der Waals surface area contributed by atoms with Gasteiger partial charge < -0.3 is 10.5 Å². The molecule has 0 atom stereocenters. The summed E-state index contributed by atoms with van der Waals surface area (Å²) in [5.41, 5.74) is 3.05. The van der Waals surface area contributed by atoms with Crippen LogP contribution in [0.4, 0.5) is 18.9 Å². The third-order valence-corrected chi connectivity index (χ3v) is 3.81. The van der Waals surface area contributed by atoms with E-state index in [2.05, 4.69) is 21.6 Å². The van der Waals surface area contributed by atoms with Crippen LogP contribution < -0.4 is 5.73 Å². The van der Waals surface area contributed by atoms with Crippen LogP contribution in [0.15, 0.2) is 12.1 Å². The molecule has 0 spiro atoms. The van der Waals surface area contributed by atoms with Gasteiger partial charge >= 0.3 is 5.97 Å². The van der Waals surface area contributed by atoms with Crippen molar-refractivity contribution in [2.45, 2.75) is 19.8 Å². The fourth-order valence-electron chi connectivity index (χ4n) is 2.08. The van der Waals surface area contributed by atoms with Gasteiger partial charge in [-0.2, -0.15) is 0 Å². The van der Waals surface area contributed by atoms with Crippen LogP contribution in [0.25, 0.3) is 11.3 Å². The number of hydrogen-bond donors (Lipinski definition) is 1. The number of esters is 1. The largest absolute Gasteiger partial charge is 0.464 e. The molecular weight excluding hydrogens is 369 g/mol. The molecule has 0 radical (unpaired) electrons. The van der Waals surface area contributed by atoms with E-state index in [1.807, 2.05) is 6.92 Å². The lowest BCUT2D eigenvalue weighted by atomic mass is 10.0. The molecule has 2 aromatic rings. The second-order valence-corrected chi connectivity index (χ2v) is 5.56. The van der Waals surface area contributed by atoms with Gasteiger partial charge in [-0.3, -0.25) is 0 Å². The number of anilines is 1. The van der Waals surface area contributed by atoms with Crippen LogP contribution in [-0.2, 0) is 4.74 Å². The second-order valence-electron chi connectivity index (χ2n) is 5.18. The minimum absolute atomic E-state index is 0.171. The maximum Gasteiger partial charge on any atom is 0.358 e. The molecule has 0 unspecified atom stereocenters. The zero-order valence-electron chi connectivity index (χ0n) is 13.9. The number of nitrogens with two attached hydrogens (primary N) is 1. The molecule has 0 saturated heterocycles. The van der Waals surface area contributed by atoms with E-state index in [9.17, 15) is 18.0 Å². The van der Waals surface area contributed by atoms with Crippen LogP contribution in [0.1, 0.15) is 35.8 Å². The first-order valence-corrected chi connectivity index (χ1v) is 7.91. The molecule has 0 fully saturated rings. The van der Waals surface area contributed by atoms with Gasteiger partial charge in [0, 0.05) is 12.0 Å². The second kappa shape index (κ2) is 8.11. The molecule has 0 bridgehead atoms. The van der Waals surface area contributed by atoms with Crippen molar-refractivity contribution in [1.82, 2.24) is 4.98 Å². The number of nitrogen functional groups attached to an aromatic ring is 1. The number of carbonyl (C=O) groups excluding carboxylic acids is 1. The lowest BCUT2D eigenvalue weighted by Crippen LogP contribution is -2.11. The summed E-state index contributed by atoms with van der Waals surface area (Å²) in [7, 11) is 1.06. The van der Waals surface area contributed by atoms with Crippen LogP contribution >= 0.6 is 11.6 Å². The number of aromatic nitrogens is 1. The Morgan fingerprint density at radius 3 is 2.58 bits per heavy atom. The summed E-state index contributed by atoms with van der Waals surface area (Å²) in [6.45, 7) is 1.90. The molecule has 2 rings (SSSR count). The van der Waals surface area contributed by atoms with Crippen molar-refractivity contribution in [3.63, 3.8) is 0 Å². The van der Waals surface area contributed by atoms with Crippen molar-refractivity contribution in [2.75, 3.05) is 12.8 Å². The zero-order valence-corrected chi connectivity index (χ0v) is 14.7. The summed E-state index contributed by atoms with van der Waals surface area (Å²) >= 11 is 5.78. The molecule has 1 aromatic carbocycles. The van der Waals surface area contributed by atoms with E-state index in [4.69, 9.17) is 17.3 Å². The van der Waals surface area contributed by atoms with E-state index >= 15 is 0 Å². The molecule has 1 heterocycles. The quantitative estimate of drug-likeness (QED) is 0.633. The average Bonchev–Trinajstić information content (AvgIpc) is 2.64. The van der Waals surface area contributed by atoms with E-state index in [1.54, 1.807) is 0 Å². The maximum absolute atomic E-state index is 14.4. The van der Waals surface area contributed by atoms with E-state index in [0.717, 1.165) is 19.6 Å². The molecule has 0 aliphatic heterocycles. The number of rotatable bonds is 3. The van der Waals surface area contributed by atoms with E-state index in [-0.39, 0.29) is 5.56 Å². The predicted molar refractivity (Wildman–Crippen MR) is 92.1 cm³/mol. The first-order valence-electron chi connectivity index (χ1n) is 7.53. The Hall–Kier alpha value is -2.72. The summed E-state index contributed by atoms with van der Waals surface area (Å²) in [4.78, 5) is 15.4. The highest BCUT2D eigenvalue weighted by Crippen LogP contribution is 2.34. The molecule has 136 valence electrons. The predicted octanol–water partition coefficient (Wildman–Crippen LogP) is 4.34. The Kier molecular flexibility index (Phi) is 6.11. The average molecular weight is 383 g/mol. The minimum Gasteiger partial charge on any atom is -0.464 e. The van der Waals surface area contributed by atoms with E-state index in [0.29, 0.717) is 6.42 Å². The Morgan fingerprint density at radius 2 is 1.96 bits per heavy atom. The molecular formula is C18H14ClF3N2O2. The van der Waals surface area contributed by atoms with Crippen molar-refractivity contribution < 1.29 is 22.7 Å². The Morgan fingerprint density at radius 1 is 1.27 bits per heavy atom. The third kappa shape index (κ3) is 3.60. The number of halogens is 4. The molecule has 0 aliphatic carbocycles. The first kappa shape index (κ1) is 19.6. The highest BCUT2D eigenvalue weighted by atomic mass is 35.5. The fourth-order valence-corrected chi connectivity index (χ4v) is 2.29. The zero-order chi connectivity index (χ0) is 19.4. The molecule has 0 saturated carbocycles. The van der Waals surface area contributed by atoms with Crippen molar-refractivity contribution in [1.29, 1.82) is 0 Å². The fraction of sp³-hybridized carbons (Fsp3) is 0.222. The third-order valence-electron chi connectivity index (χ3n) is 3.43. The summed E-state index contributed by atoms with van der Waals surface area (Å²) in [5.74, 6) is 0.418. The maximum atomic E-state index is 14.4. The van der Waals surface area contributed by atoms with Crippen LogP contribution in [0.2, 0.25) is 5.02 Å². The molecule has 8 heteroatoms. The van der Waals surface area contributed by atoms with Crippen molar-refractivity contribution in [3.05, 3.63) is 45.9 Å². The Bertz CT molecular complexity index is 936. The molecule has 26 heavy (non-hydrogen) atoms. The van der Waals surface area contributed by atoms with Crippen LogP contribution in [-0.4, -0.2) is 18.1 Å². The van der Waals surface area contributed by atoms with E-state index in [1.165, 1.54) is 6.07 Å². The molecule has 0 aliphatic rings. The lowest BCUT2D eigenvalue weighted by molar-refractivity contribution is 0.0594. The van der Waals surface area contributed by atoms with E-state index < -0.39 is 51.1 Å². The van der Waals surface area contributed by atoms with Crippen molar-refractivity contribution in [2.24, 2.45) is 0 Å². The molecule has 1 aromatic heterocycles. The number of ether oxygens (including phenoxy) is 1. The summed E-state index contributed by atoms with van der Waals surface area (Å²) < 4.78 is 47.6. The number of carbonyl (C=O) groups is 1. The van der Waals surface area contributed by atoms with Gasteiger partial charge in [0.25, 0.3) is 0 Å². The van der Waals surface area contributed by atoms with Crippen LogP contribution in [0, 0.1) is 29.3 Å². The number of unbranched alkanes of at least 4 members (excludes halogenated alkanes) is 1. The lowest BCUT2D eigenvalue weighted by Gasteiger charge is -2.11. The van der Waals surface area contributed by atoms with Gasteiger partial charge in [0.05, 0.1) is 23.4 Å². The first-order chi connectivity index (χ1) is 12.3. The monoisotopic (exact) mass is 382 g/mol. The normalized spacial score (nSPS) is 10.2. The number of nitrogens with zero attached hydrogens (tertiary/aromatic N) is 1. The van der Waals surface area contributed by atoms with Crippen molar-refractivity contribution in [3.8, 4) is 23.1 Å². The van der Waals surface area contributed by atoms with Gasteiger partial charge in [-0.05, 0) is 18.6 Å². The number of benzene rings is 1. The Labute approximate surface area is 153 Å². The smallest absolute Gasteiger partial charge is 0.358 e. The number of hydrogen-bond acceptors (Lipinski definition) is 4. The van der Waals surface area contributed by atoms with Gasteiger partial charge in [-0.25, -0.2) is 22.9 Å². The van der Waals surface area contributed by atoms with Gasteiger partial charge in [0.2, 0.25) is 0 Å². The van der Waals surface area contributed by atoms with Gasteiger partial charge in [0.1, 0.15) is 5.69 Å². The van der Waals surface area contributed by atoms with Crippen LogP contribution in [0.5, 0.6) is 0 Å². The summed E-state index contributed by atoms with van der Waals surface area (Å²) in [6.07, 6.45) is 1.29. The van der Waals surface area contributed by atoms with Gasteiger partial charge in [-0.1, -0.05) is 30.4 Å². The highest BCUT2D eigenvalue weighted by Gasteiger charge is 2.25. The molecule has 2 N–H and O–H groups in total. The number of methoxy groups -OCH3 is 1. The standard InChI is InChI=1S/C18H14ClF3N2O2/c1-3-4-5-6-9-7-8-10(13(21)12(9)20)16-14(22)15(23)11(19)17(24-16)18(25)26-2/h7-8H,3-4H2,1-2H3,(H2,23,24). The molecule has 0 amide bonds. The van der Waals surface area contributed by atoms with Gasteiger partial charge in [0.15, 0.2) is 23.1 Å². The van der Waals surface area contributed by atoms with Crippen molar-refractivity contribution >= 4 is 23.3 Å². The topological polar surface area (TPSA) is 65.2 Å². The number of pyridine rings is 1. The van der Waals surface area contributed by atoms with Crippen LogP contribution in [0.3, 0.4) is 0 Å². The molecule has 4 nitrogen and oxygen atoms in total. The Balaban J connectivity index is 2.66.